The topological polar surface area (TPSA) is 191 Å². The van der Waals surface area contributed by atoms with E-state index < -0.39 is 49.0 Å². The molecule has 16 heteroatoms. The average Bonchev–Trinajstić information content (AvgIpc) is 3.38. The van der Waals surface area contributed by atoms with Gasteiger partial charge in [0.25, 0.3) is 0 Å². The molecule has 0 spiro atoms. The average molecular weight is 613 g/mol. The van der Waals surface area contributed by atoms with Crippen molar-refractivity contribution in [2.45, 2.75) is 51.4 Å². The number of nitrogen functional groups attached to an aromatic ring is 1. The molecule has 1 aromatic heterocycles. The Kier molecular flexibility index (Phi) is 9.59. The molecule has 4 N–H and O–H groups in total. The molecule has 5 atom stereocenters. The summed E-state index contributed by atoms with van der Waals surface area (Å²) in [6.07, 6.45) is -2.75. The van der Waals surface area contributed by atoms with Crippen molar-refractivity contribution in [1.82, 2.24) is 14.6 Å². The van der Waals surface area contributed by atoms with Gasteiger partial charge in [-0.2, -0.15) is 4.98 Å². The molecule has 0 radical (unpaired) electrons. The van der Waals surface area contributed by atoms with Gasteiger partial charge in [0.2, 0.25) is 0 Å². The van der Waals surface area contributed by atoms with Crippen molar-refractivity contribution < 1.29 is 42.5 Å². The van der Waals surface area contributed by atoms with Crippen LogP contribution in [0, 0.1) is 5.41 Å². The molecule has 2 unspecified atom stereocenters. The van der Waals surface area contributed by atoms with Gasteiger partial charge in [-0.1, -0.05) is 42.1 Å². The number of carbonyl (C=O) groups is 2. The van der Waals surface area contributed by atoms with Crippen LogP contribution in [0.15, 0.2) is 47.4 Å². The molecule has 1 aromatic carbocycles. The molecule has 0 amide bonds. The van der Waals surface area contributed by atoms with Gasteiger partial charge in [0.05, 0.1) is 25.2 Å². The van der Waals surface area contributed by atoms with Gasteiger partial charge in [-0.05, 0) is 32.4 Å². The molecule has 224 valence electrons. The first-order chi connectivity index (χ1) is 19.4. The number of ether oxygens (including phenoxy) is 3. The van der Waals surface area contributed by atoms with Gasteiger partial charge in [-0.25, -0.2) is 19.2 Å². The van der Waals surface area contributed by atoms with Crippen LogP contribution in [0.3, 0.4) is 0 Å². The molecule has 41 heavy (non-hydrogen) atoms. The van der Waals surface area contributed by atoms with Gasteiger partial charge < -0.3 is 25.1 Å². The zero-order valence-electron chi connectivity index (χ0n) is 22.8. The Hall–Kier alpha value is -2.78. The van der Waals surface area contributed by atoms with Crippen LogP contribution in [0.4, 0.5) is 10.6 Å². The smallest absolute Gasteiger partial charge is 0.424 e. The monoisotopic (exact) mass is 612 g/mol. The van der Waals surface area contributed by atoms with E-state index in [0.717, 1.165) is 21.9 Å². The van der Waals surface area contributed by atoms with Crippen LogP contribution in [0.25, 0.3) is 0 Å². The number of benzene rings is 1. The molecule has 0 saturated carbocycles. The number of rotatable bonds is 13. The predicted octanol–water partition coefficient (Wildman–Crippen LogP) is 2.23. The van der Waals surface area contributed by atoms with Crippen molar-refractivity contribution >= 4 is 36.6 Å². The van der Waals surface area contributed by atoms with Gasteiger partial charge in [0.15, 0.2) is 23.0 Å². The van der Waals surface area contributed by atoms with Gasteiger partial charge in [0.1, 0.15) is 11.9 Å². The number of nitrogens with one attached hydrogen (secondary N) is 1. The molecule has 0 aliphatic carbocycles. The fourth-order valence-electron chi connectivity index (χ4n) is 4.20. The standard InChI is InChI=1S/C25H33N4O10PS/c1-24(2,15-30)21(31)41-12-11-35-40(34,27-13-16-7-5-4-6-8-16)36-14-17-19-25(3,39-23(33)38-19)20(37-17)29-10-9-18(26)28-22(29)32/h4-10,17,19-20,30H,11-15H2,1-3H3,(H,27,34)(H2,26,28,32)/t17?,19-,20-,25-,40?/m1/s1. The number of aliphatic hydroxyl groups excluding tert-OH is 1. The number of aliphatic hydroxyl groups is 1. The fourth-order valence-corrected chi connectivity index (χ4v) is 6.44. The number of aromatic nitrogens is 2. The van der Waals surface area contributed by atoms with E-state index in [9.17, 15) is 24.1 Å². The highest BCUT2D eigenvalue weighted by molar-refractivity contribution is 8.13. The third-order valence-corrected chi connectivity index (χ3v) is 9.32. The number of anilines is 1. The Morgan fingerprint density at radius 2 is 2.00 bits per heavy atom. The van der Waals surface area contributed by atoms with Crippen LogP contribution in [0.2, 0.25) is 0 Å². The first-order valence-electron chi connectivity index (χ1n) is 12.7. The van der Waals surface area contributed by atoms with Crippen LogP contribution in [0.1, 0.15) is 32.6 Å². The summed E-state index contributed by atoms with van der Waals surface area (Å²) in [5.74, 6) is 0.164. The van der Waals surface area contributed by atoms with E-state index in [0.29, 0.717) is 0 Å². The Labute approximate surface area is 240 Å². The Balaban J connectivity index is 1.47. The third-order valence-electron chi connectivity index (χ3n) is 6.58. The lowest BCUT2D eigenvalue weighted by atomic mass is 9.96. The number of nitrogens with zero attached hydrogens (tertiary/aromatic N) is 2. The number of hydrogen-bond acceptors (Lipinski definition) is 13. The molecular weight excluding hydrogens is 579 g/mol. The lowest BCUT2D eigenvalue weighted by Gasteiger charge is -2.26. The summed E-state index contributed by atoms with van der Waals surface area (Å²) >= 11 is 0.945. The number of nitrogens with two attached hydrogens (primary N) is 1. The summed E-state index contributed by atoms with van der Waals surface area (Å²) in [7, 11) is -4.01. The van der Waals surface area contributed by atoms with Crippen LogP contribution < -0.4 is 16.5 Å². The zero-order valence-corrected chi connectivity index (χ0v) is 24.5. The molecule has 4 rings (SSSR count). The molecule has 2 saturated heterocycles. The van der Waals surface area contributed by atoms with E-state index in [1.165, 1.54) is 12.3 Å². The van der Waals surface area contributed by atoms with Crippen molar-refractivity contribution in [2.75, 3.05) is 31.3 Å². The minimum Gasteiger partial charge on any atom is -0.424 e. The maximum atomic E-state index is 13.8. The van der Waals surface area contributed by atoms with Gasteiger partial charge in [-0.15, -0.1) is 0 Å². The third kappa shape index (κ3) is 7.17. The van der Waals surface area contributed by atoms with Crippen LogP contribution in [0.5, 0.6) is 0 Å². The number of hydrogen-bond donors (Lipinski definition) is 3. The lowest BCUT2D eigenvalue weighted by molar-refractivity contribution is -0.119. The molecule has 3 heterocycles. The highest BCUT2D eigenvalue weighted by Crippen LogP contribution is 2.49. The van der Waals surface area contributed by atoms with Gasteiger partial charge >= 0.3 is 19.6 Å². The minimum atomic E-state index is -4.01. The number of fused-ring (bicyclic) bond motifs is 1. The Morgan fingerprint density at radius 1 is 1.27 bits per heavy atom. The SMILES string of the molecule is CC(C)(CO)C(=O)SCCOP(=O)(NCc1ccccc1)OCC1O[C@@H](n2ccc(N)nc2=O)[C@]2(C)OC(=O)O[C@H]12. The highest BCUT2D eigenvalue weighted by atomic mass is 32.2. The summed E-state index contributed by atoms with van der Waals surface area (Å²) < 4.78 is 43.0. The molecule has 2 fully saturated rings. The summed E-state index contributed by atoms with van der Waals surface area (Å²) in [5.41, 5.74) is 3.33. The highest BCUT2D eigenvalue weighted by Gasteiger charge is 2.64. The summed E-state index contributed by atoms with van der Waals surface area (Å²) in [6, 6.07) is 10.5. The molecule has 2 aliphatic heterocycles. The van der Waals surface area contributed by atoms with Crippen LogP contribution >= 0.6 is 19.5 Å². The second-order valence-corrected chi connectivity index (χ2v) is 13.2. The quantitative estimate of drug-likeness (QED) is 0.169. The number of carbonyl (C=O) groups excluding carboxylic acids is 2. The van der Waals surface area contributed by atoms with E-state index in [-0.39, 0.29) is 43.1 Å². The van der Waals surface area contributed by atoms with E-state index >= 15 is 0 Å². The van der Waals surface area contributed by atoms with Crippen LogP contribution in [-0.4, -0.2) is 69.3 Å². The summed E-state index contributed by atoms with van der Waals surface area (Å²) in [5, 5.41) is 12.0. The molecule has 0 bridgehead atoms. The second-order valence-electron chi connectivity index (χ2n) is 10.3. The maximum absolute atomic E-state index is 13.8. The molecule has 2 aliphatic rings. The molecule has 2 aromatic rings. The fraction of sp³-hybridized carbons (Fsp3) is 0.520. The van der Waals surface area contributed by atoms with Crippen molar-refractivity contribution in [3.05, 3.63) is 58.6 Å². The first kappa shape index (κ1) is 31.2. The second kappa shape index (κ2) is 12.6. The van der Waals surface area contributed by atoms with E-state index in [1.54, 1.807) is 20.8 Å². The van der Waals surface area contributed by atoms with E-state index in [1.807, 2.05) is 30.3 Å². The maximum Gasteiger partial charge on any atom is 0.509 e. The van der Waals surface area contributed by atoms with Crippen molar-refractivity contribution in [3.8, 4) is 0 Å². The van der Waals surface area contributed by atoms with Crippen LogP contribution in [-0.2, 0) is 39.2 Å². The molecule has 14 nitrogen and oxygen atoms in total. The van der Waals surface area contributed by atoms with Gasteiger partial charge in [0, 0.05) is 18.5 Å². The lowest BCUT2D eigenvalue weighted by Crippen LogP contribution is -2.44. The molecular formula is C25H33N4O10PS. The van der Waals surface area contributed by atoms with Crippen molar-refractivity contribution in [1.29, 1.82) is 0 Å². The first-order valence-corrected chi connectivity index (χ1v) is 15.3. The predicted molar refractivity (Wildman–Crippen MR) is 148 cm³/mol. The normalized spacial score (nSPS) is 25.3. The van der Waals surface area contributed by atoms with E-state index in [2.05, 4.69) is 10.1 Å². The Bertz CT molecular complexity index is 1360. The van der Waals surface area contributed by atoms with Crippen molar-refractivity contribution in [3.63, 3.8) is 0 Å². The van der Waals surface area contributed by atoms with Gasteiger partial charge in [-0.3, -0.25) is 18.4 Å². The number of thioether (sulfide) groups is 1. The zero-order chi connectivity index (χ0) is 29.8. The minimum absolute atomic E-state index is 0.00728. The van der Waals surface area contributed by atoms with E-state index in [4.69, 9.17) is 29.0 Å². The van der Waals surface area contributed by atoms with Crippen molar-refractivity contribution in [2.24, 2.45) is 5.41 Å². The summed E-state index contributed by atoms with van der Waals surface area (Å²) in [6.45, 7) is 4.13. The summed E-state index contributed by atoms with van der Waals surface area (Å²) in [4.78, 5) is 40.6. The Morgan fingerprint density at radius 3 is 2.68 bits per heavy atom. The largest absolute Gasteiger partial charge is 0.509 e.